The Labute approximate surface area is 105 Å². The van der Waals surface area contributed by atoms with Crippen LogP contribution in [0, 0.1) is 11.3 Å². The first kappa shape index (κ1) is 14.8. The van der Waals surface area contributed by atoms with Crippen LogP contribution in [0.4, 0.5) is 13.2 Å². The molecule has 0 atom stereocenters. The molecule has 0 aliphatic rings. The van der Waals surface area contributed by atoms with Gasteiger partial charge in [-0.15, -0.1) is 13.2 Å². The Hall–Kier alpha value is -2.27. The smallest absolute Gasteiger partial charge is 0.465 e. The monoisotopic (exact) mass is 275 g/mol. The Kier molecular flexibility index (Phi) is 4.34. The fourth-order valence-corrected chi connectivity index (χ4v) is 1.40. The van der Waals surface area contributed by atoms with Crippen LogP contribution >= 0.6 is 0 Å². The van der Waals surface area contributed by atoms with E-state index in [4.69, 9.17) is 10.4 Å². The third kappa shape index (κ3) is 3.59. The minimum absolute atomic E-state index is 0.121. The van der Waals surface area contributed by atoms with Gasteiger partial charge in [0.1, 0.15) is 5.75 Å². The van der Waals surface area contributed by atoms with Gasteiger partial charge in [-0.2, -0.15) is 5.26 Å². The Balaban J connectivity index is 3.39. The number of halogens is 3. The van der Waals surface area contributed by atoms with E-state index in [1.807, 2.05) is 0 Å². The lowest BCUT2D eigenvalue weighted by atomic mass is 10.0. The number of benzene rings is 1. The van der Waals surface area contributed by atoms with Crippen molar-refractivity contribution in [1.29, 1.82) is 5.26 Å². The molecule has 0 fully saturated rings. The van der Waals surface area contributed by atoms with Gasteiger partial charge in [-0.3, -0.25) is 0 Å². The van der Waals surface area contributed by atoms with Crippen molar-refractivity contribution in [3.05, 3.63) is 28.8 Å². The largest absolute Gasteiger partial charge is 0.573 e. The van der Waals surface area contributed by atoms with Gasteiger partial charge in [0.2, 0.25) is 0 Å². The van der Waals surface area contributed by atoms with E-state index in [0.717, 1.165) is 19.2 Å². The van der Waals surface area contributed by atoms with Crippen molar-refractivity contribution in [2.75, 3.05) is 7.11 Å². The molecule has 0 amide bonds. The number of aliphatic hydroxyl groups is 1. The van der Waals surface area contributed by atoms with Gasteiger partial charge in [0.25, 0.3) is 0 Å². The van der Waals surface area contributed by atoms with E-state index in [0.29, 0.717) is 0 Å². The zero-order valence-corrected chi connectivity index (χ0v) is 9.61. The van der Waals surface area contributed by atoms with Crippen molar-refractivity contribution in [2.24, 2.45) is 0 Å². The summed E-state index contributed by atoms with van der Waals surface area (Å²) in [5, 5.41) is 17.9. The summed E-state index contributed by atoms with van der Waals surface area (Å²) in [5.41, 5.74) is -0.781. The number of nitriles is 1. The van der Waals surface area contributed by atoms with Gasteiger partial charge in [-0.25, -0.2) is 4.79 Å². The van der Waals surface area contributed by atoms with E-state index >= 15 is 0 Å². The maximum absolute atomic E-state index is 12.1. The van der Waals surface area contributed by atoms with Gasteiger partial charge in [0.15, 0.2) is 0 Å². The minimum Gasteiger partial charge on any atom is -0.465 e. The summed E-state index contributed by atoms with van der Waals surface area (Å²) >= 11 is 0. The average Bonchev–Trinajstić information content (AvgIpc) is 2.34. The highest BCUT2D eigenvalue weighted by Crippen LogP contribution is 2.28. The van der Waals surface area contributed by atoms with Crippen molar-refractivity contribution in [2.45, 2.75) is 13.0 Å². The third-order valence-electron chi connectivity index (χ3n) is 2.14. The number of methoxy groups -OCH3 is 1. The molecule has 1 rings (SSSR count). The summed E-state index contributed by atoms with van der Waals surface area (Å²) in [5.74, 6) is -1.71. The molecular formula is C11H8F3NO4. The number of carbonyl (C=O) groups excluding carboxylic acids is 1. The normalized spacial score (nSPS) is 10.7. The number of ether oxygens (including phenoxy) is 2. The zero-order valence-electron chi connectivity index (χ0n) is 9.61. The predicted molar refractivity (Wildman–Crippen MR) is 55.1 cm³/mol. The number of nitrogens with zero attached hydrogens (tertiary/aromatic N) is 1. The van der Waals surface area contributed by atoms with Crippen LogP contribution in [-0.2, 0) is 11.3 Å². The summed E-state index contributed by atoms with van der Waals surface area (Å²) in [6.45, 7) is -0.695. The molecule has 1 N–H and O–H groups in total. The molecule has 19 heavy (non-hydrogen) atoms. The van der Waals surface area contributed by atoms with Gasteiger partial charge >= 0.3 is 12.3 Å². The van der Waals surface area contributed by atoms with Crippen molar-refractivity contribution < 1.29 is 32.5 Å². The average molecular weight is 275 g/mol. The predicted octanol–water partition coefficient (Wildman–Crippen LogP) is 1.74. The summed E-state index contributed by atoms with van der Waals surface area (Å²) < 4.78 is 44.3. The molecule has 102 valence electrons. The van der Waals surface area contributed by atoms with E-state index in [2.05, 4.69) is 9.47 Å². The van der Waals surface area contributed by atoms with Gasteiger partial charge in [0, 0.05) is 5.56 Å². The number of rotatable bonds is 3. The van der Waals surface area contributed by atoms with Crippen molar-refractivity contribution in [1.82, 2.24) is 0 Å². The quantitative estimate of drug-likeness (QED) is 0.850. The maximum Gasteiger partial charge on any atom is 0.573 e. The first-order valence-corrected chi connectivity index (χ1v) is 4.84. The lowest BCUT2D eigenvalue weighted by molar-refractivity contribution is -0.274. The second kappa shape index (κ2) is 5.58. The molecule has 0 aliphatic carbocycles. The Morgan fingerprint density at radius 3 is 2.53 bits per heavy atom. The molecule has 0 saturated heterocycles. The summed E-state index contributed by atoms with van der Waals surface area (Å²) in [6.07, 6.45) is -4.96. The van der Waals surface area contributed by atoms with Gasteiger partial charge in [-0.05, 0) is 12.1 Å². The van der Waals surface area contributed by atoms with E-state index in [1.165, 1.54) is 0 Å². The topological polar surface area (TPSA) is 79.5 Å². The van der Waals surface area contributed by atoms with E-state index < -0.39 is 24.7 Å². The highest BCUT2D eigenvalue weighted by Gasteiger charge is 2.32. The molecule has 0 bridgehead atoms. The second-order valence-electron chi connectivity index (χ2n) is 3.31. The molecule has 0 saturated carbocycles. The first-order chi connectivity index (χ1) is 8.82. The zero-order chi connectivity index (χ0) is 14.6. The van der Waals surface area contributed by atoms with Crippen LogP contribution in [0.25, 0.3) is 0 Å². The van der Waals surface area contributed by atoms with Crippen LogP contribution in [0.1, 0.15) is 21.5 Å². The van der Waals surface area contributed by atoms with Crippen LogP contribution < -0.4 is 4.74 Å². The Morgan fingerprint density at radius 2 is 2.11 bits per heavy atom. The van der Waals surface area contributed by atoms with Crippen LogP contribution in [-0.4, -0.2) is 24.5 Å². The molecule has 0 aliphatic heterocycles. The molecule has 0 aromatic heterocycles. The third-order valence-corrected chi connectivity index (χ3v) is 2.14. The molecule has 0 spiro atoms. The highest BCUT2D eigenvalue weighted by atomic mass is 19.4. The Bertz CT molecular complexity index is 534. The van der Waals surface area contributed by atoms with Crippen LogP contribution in [0.2, 0.25) is 0 Å². The van der Waals surface area contributed by atoms with E-state index in [-0.39, 0.29) is 16.7 Å². The number of carbonyl (C=O) groups is 1. The lowest BCUT2D eigenvalue weighted by Crippen LogP contribution is -2.18. The molecule has 1 aromatic rings. The fraction of sp³-hybridized carbons (Fsp3) is 0.273. The summed E-state index contributed by atoms with van der Waals surface area (Å²) in [7, 11) is 1.02. The van der Waals surface area contributed by atoms with Crippen molar-refractivity contribution in [3.8, 4) is 11.8 Å². The number of alkyl halides is 3. The van der Waals surface area contributed by atoms with Crippen molar-refractivity contribution in [3.63, 3.8) is 0 Å². The minimum atomic E-state index is -4.96. The second-order valence-corrected chi connectivity index (χ2v) is 3.31. The standard InChI is InChI=1S/C11H8F3NO4/c1-18-10(17)8-3-7(19-11(12,13)14)2-6(4-15)9(8)5-16/h2-3,16H,5H2,1H3. The van der Waals surface area contributed by atoms with Gasteiger partial charge in [0.05, 0.1) is 30.9 Å². The van der Waals surface area contributed by atoms with Gasteiger partial charge in [-0.1, -0.05) is 0 Å². The number of hydrogen-bond donors (Lipinski definition) is 1. The van der Waals surface area contributed by atoms with Crippen LogP contribution in [0.5, 0.6) is 5.75 Å². The Morgan fingerprint density at radius 1 is 1.47 bits per heavy atom. The summed E-state index contributed by atoms with van der Waals surface area (Å²) in [6, 6.07) is 3.12. The fourth-order valence-electron chi connectivity index (χ4n) is 1.40. The van der Waals surface area contributed by atoms with E-state index in [9.17, 15) is 18.0 Å². The lowest BCUT2D eigenvalue weighted by Gasteiger charge is -2.13. The van der Waals surface area contributed by atoms with Crippen LogP contribution in [0.3, 0.4) is 0 Å². The number of esters is 1. The first-order valence-electron chi connectivity index (χ1n) is 4.84. The molecule has 0 heterocycles. The van der Waals surface area contributed by atoms with E-state index in [1.54, 1.807) is 6.07 Å². The molecule has 1 aromatic carbocycles. The highest BCUT2D eigenvalue weighted by molar-refractivity contribution is 5.92. The number of hydrogen-bond acceptors (Lipinski definition) is 5. The maximum atomic E-state index is 12.1. The molecule has 8 heteroatoms. The molecule has 5 nitrogen and oxygen atoms in total. The SMILES string of the molecule is COC(=O)c1cc(OC(F)(F)F)cc(C#N)c1CO. The number of aliphatic hydroxyl groups excluding tert-OH is 1. The van der Waals surface area contributed by atoms with Crippen LogP contribution in [0.15, 0.2) is 12.1 Å². The summed E-state index contributed by atoms with van der Waals surface area (Å²) in [4.78, 5) is 11.4. The van der Waals surface area contributed by atoms with Gasteiger partial charge < -0.3 is 14.6 Å². The van der Waals surface area contributed by atoms with Crippen molar-refractivity contribution >= 4 is 5.97 Å². The molecule has 0 radical (unpaired) electrons. The molecule has 0 unspecified atom stereocenters. The molecular weight excluding hydrogens is 267 g/mol.